The molecule has 11 heavy (non-hydrogen) atoms. The molecule has 0 radical (unpaired) electrons. The highest BCUT2D eigenvalue weighted by atomic mass is 16.3. The summed E-state index contributed by atoms with van der Waals surface area (Å²) in [5.74, 6) is 0.439. The summed E-state index contributed by atoms with van der Waals surface area (Å²) in [6.45, 7) is 0.127. The molecule has 0 bridgehead atoms. The minimum absolute atomic E-state index is 0.127. The molecule has 2 nitrogen and oxygen atoms in total. The van der Waals surface area contributed by atoms with Crippen LogP contribution in [0.5, 0.6) is 0 Å². The van der Waals surface area contributed by atoms with Crippen LogP contribution < -0.4 is 0 Å². The molecule has 0 amide bonds. The first-order valence-corrected chi connectivity index (χ1v) is 4.15. The van der Waals surface area contributed by atoms with Crippen LogP contribution in [-0.4, -0.2) is 17.5 Å². The lowest BCUT2D eigenvalue weighted by Gasteiger charge is -2.04. The molecule has 0 saturated heterocycles. The molecule has 62 valence electrons. The van der Waals surface area contributed by atoms with E-state index in [1.807, 2.05) is 6.08 Å². The van der Waals surface area contributed by atoms with Crippen molar-refractivity contribution >= 4 is 5.78 Å². The summed E-state index contributed by atoms with van der Waals surface area (Å²) >= 11 is 0. The van der Waals surface area contributed by atoms with Crippen LogP contribution in [0.2, 0.25) is 0 Å². The molecular formula is C9H14O2. The molecule has 0 aromatic carbocycles. The molecular weight excluding hydrogens is 140 g/mol. The molecule has 0 aromatic heterocycles. The fraction of sp³-hybridized carbons (Fsp3) is 0.667. The van der Waals surface area contributed by atoms with Gasteiger partial charge in [-0.2, -0.15) is 0 Å². The van der Waals surface area contributed by atoms with Gasteiger partial charge in [0.25, 0.3) is 0 Å². The lowest BCUT2D eigenvalue weighted by Crippen LogP contribution is -2.09. The van der Waals surface area contributed by atoms with Crippen molar-refractivity contribution in [1.82, 2.24) is 0 Å². The highest BCUT2D eigenvalue weighted by molar-refractivity contribution is 5.83. The zero-order valence-electron chi connectivity index (χ0n) is 6.62. The number of rotatable bonds is 4. The third-order valence-corrected chi connectivity index (χ3v) is 2.01. The topological polar surface area (TPSA) is 37.3 Å². The Morgan fingerprint density at radius 1 is 1.64 bits per heavy atom. The van der Waals surface area contributed by atoms with Gasteiger partial charge in [-0.3, -0.25) is 4.79 Å². The SMILES string of the molecule is O=C(CCCO)[C@H]1C=CCC1. The van der Waals surface area contributed by atoms with Crippen molar-refractivity contribution in [3.8, 4) is 0 Å². The molecule has 1 N–H and O–H groups in total. The molecule has 0 heterocycles. The quantitative estimate of drug-likeness (QED) is 0.619. The number of hydrogen-bond acceptors (Lipinski definition) is 2. The number of aliphatic hydroxyl groups excluding tert-OH is 1. The smallest absolute Gasteiger partial charge is 0.139 e. The molecule has 1 aliphatic rings. The van der Waals surface area contributed by atoms with Gasteiger partial charge < -0.3 is 5.11 Å². The molecule has 0 aromatic rings. The highest BCUT2D eigenvalue weighted by Gasteiger charge is 2.16. The lowest BCUT2D eigenvalue weighted by atomic mass is 10.0. The van der Waals surface area contributed by atoms with Crippen molar-refractivity contribution in [2.24, 2.45) is 5.92 Å². The average Bonchev–Trinajstić information content (AvgIpc) is 2.52. The van der Waals surface area contributed by atoms with E-state index in [9.17, 15) is 4.79 Å². The fourth-order valence-electron chi connectivity index (χ4n) is 1.34. The number of aliphatic hydroxyl groups is 1. The van der Waals surface area contributed by atoms with Crippen LogP contribution in [0.1, 0.15) is 25.7 Å². The molecule has 1 aliphatic carbocycles. The third kappa shape index (κ3) is 2.46. The Labute approximate surface area is 66.9 Å². The van der Waals surface area contributed by atoms with Crippen LogP contribution in [0, 0.1) is 5.92 Å². The van der Waals surface area contributed by atoms with Crippen molar-refractivity contribution in [2.75, 3.05) is 6.61 Å². The maximum Gasteiger partial charge on any atom is 0.139 e. The van der Waals surface area contributed by atoms with Crippen molar-refractivity contribution < 1.29 is 9.90 Å². The van der Waals surface area contributed by atoms with Gasteiger partial charge in [0.2, 0.25) is 0 Å². The number of carbonyl (C=O) groups excluding carboxylic acids is 1. The van der Waals surface area contributed by atoms with Gasteiger partial charge in [0.1, 0.15) is 5.78 Å². The minimum Gasteiger partial charge on any atom is -0.396 e. The number of allylic oxidation sites excluding steroid dienone is 2. The van der Waals surface area contributed by atoms with Gasteiger partial charge in [0, 0.05) is 18.9 Å². The highest BCUT2D eigenvalue weighted by Crippen LogP contribution is 2.19. The largest absolute Gasteiger partial charge is 0.396 e. The predicted molar refractivity (Wildman–Crippen MR) is 43.2 cm³/mol. The number of Topliss-reactive ketones (excluding diaryl/α,β-unsaturated/α-hetero) is 1. The van der Waals surface area contributed by atoms with Crippen LogP contribution in [0.25, 0.3) is 0 Å². The van der Waals surface area contributed by atoms with Gasteiger partial charge in [-0.15, -0.1) is 0 Å². The van der Waals surface area contributed by atoms with E-state index < -0.39 is 0 Å². The summed E-state index contributed by atoms with van der Waals surface area (Å²) < 4.78 is 0. The number of hydrogen-bond donors (Lipinski definition) is 1. The molecule has 2 heteroatoms. The van der Waals surface area contributed by atoms with E-state index in [4.69, 9.17) is 5.11 Å². The van der Waals surface area contributed by atoms with Gasteiger partial charge in [-0.1, -0.05) is 12.2 Å². The monoisotopic (exact) mass is 154 g/mol. The van der Waals surface area contributed by atoms with Crippen LogP contribution in [-0.2, 0) is 4.79 Å². The predicted octanol–water partition coefficient (Wildman–Crippen LogP) is 1.29. The molecule has 0 spiro atoms. The van der Waals surface area contributed by atoms with E-state index in [0.717, 1.165) is 12.8 Å². The Morgan fingerprint density at radius 3 is 3.00 bits per heavy atom. The molecule has 1 atom stereocenters. The molecule has 0 unspecified atom stereocenters. The Bertz CT molecular complexity index is 161. The second kappa shape index (κ2) is 4.29. The van der Waals surface area contributed by atoms with E-state index in [2.05, 4.69) is 6.08 Å². The Morgan fingerprint density at radius 2 is 2.45 bits per heavy atom. The molecule has 0 aliphatic heterocycles. The van der Waals surface area contributed by atoms with Crippen LogP contribution in [0.15, 0.2) is 12.2 Å². The second-order valence-corrected chi connectivity index (χ2v) is 2.91. The first-order valence-electron chi connectivity index (χ1n) is 4.15. The van der Waals surface area contributed by atoms with Gasteiger partial charge in [-0.05, 0) is 19.3 Å². The summed E-state index contributed by atoms with van der Waals surface area (Å²) in [4.78, 5) is 11.2. The Hall–Kier alpha value is -0.630. The summed E-state index contributed by atoms with van der Waals surface area (Å²) in [6.07, 6.45) is 7.20. The Balaban J connectivity index is 2.23. The first-order chi connectivity index (χ1) is 5.34. The standard InChI is InChI=1S/C9H14O2/c10-7-3-6-9(11)8-4-1-2-5-8/h1,4,8,10H,2-3,5-7H2/t8-/m0/s1. The Kier molecular flexibility index (Phi) is 3.30. The van der Waals surface area contributed by atoms with Gasteiger partial charge in [0.05, 0.1) is 0 Å². The summed E-state index contributed by atoms with van der Waals surface area (Å²) in [6, 6.07) is 0. The van der Waals surface area contributed by atoms with E-state index in [-0.39, 0.29) is 18.3 Å². The average molecular weight is 154 g/mol. The van der Waals surface area contributed by atoms with E-state index >= 15 is 0 Å². The minimum atomic E-state index is 0.127. The lowest BCUT2D eigenvalue weighted by molar-refractivity contribution is -0.121. The number of carbonyl (C=O) groups is 1. The second-order valence-electron chi connectivity index (χ2n) is 2.91. The third-order valence-electron chi connectivity index (χ3n) is 2.01. The normalized spacial score (nSPS) is 22.5. The summed E-state index contributed by atoms with van der Waals surface area (Å²) in [5, 5.41) is 8.49. The van der Waals surface area contributed by atoms with Gasteiger partial charge in [-0.25, -0.2) is 0 Å². The van der Waals surface area contributed by atoms with Crippen LogP contribution in [0.3, 0.4) is 0 Å². The first kappa shape index (κ1) is 8.47. The van der Waals surface area contributed by atoms with E-state index in [1.165, 1.54) is 0 Å². The molecule has 1 rings (SSSR count). The van der Waals surface area contributed by atoms with Crippen molar-refractivity contribution in [2.45, 2.75) is 25.7 Å². The zero-order valence-corrected chi connectivity index (χ0v) is 6.62. The van der Waals surface area contributed by atoms with Gasteiger partial charge in [0.15, 0.2) is 0 Å². The van der Waals surface area contributed by atoms with E-state index in [1.54, 1.807) is 0 Å². The van der Waals surface area contributed by atoms with Crippen LogP contribution in [0.4, 0.5) is 0 Å². The van der Waals surface area contributed by atoms with Gasteiger partial charge >= 0.3 is 0 Å². The number of ketones is 1. The van der Waals surface area contributed by atoms with Crippen molar-refractivity contribution in [3.63, 3.8) is 0 Å². The zero-order chi connectivity index (χ0) is 8.10. The maximum atomic E-state index is 11.2. The molecule has 0 fully saturated rings. The summed E-state index contributed by atoms with van der Waals surface area (Å²) in [7, 11) is 0. The molecule has 0 saturated carbocycles. The van der Waals surface area contributed by atoms with Crippen LogP contribution >= 0.6 is 0 Å². The maximum absolute atomic E-state index is 11.2. The van der Waals surface area contributed by atoms with E-state index in [0.29, 0.717) is 12.8 Å². The fourth-order valence-corrected chi connectivity index (χ4v) is 1.34. The van der Waals surface area contributed by atoms with Crippen molar-refractivity contribution in [1.29, 1.82) is 0 Å². The van der Waals surface area contributed by atoms with Crippen molar-refractivity contribution in [3.05, 3.63) is 12.2 Å². The summed E-state index contributed by atoms with van der Waals surface area (Å²) in [5.41, 5.74) is 0.